The van der Waals surface area contributed by atoms with Crippen molar-refractivity contribution in [2.45, 2.75) is 24.9 Å². The van der Waals surface area contributed by atoms with Crippen LogP contribution in [0.25, 0.3) is 0 Å². The number of piperazine rings is 1. The number of ether oxygens (including phenoxy) is 1. The minimum Gasteiger partial charge on any atom is -0.379 e. The SMILES string of the molecule is CNC1COCC1CN1CCN2CCCC2C1. The zero-order valence-electron chi connectivity index (χ0n) is 10.9. The zero-order valence-corrected chi connectivity index (χ0v) is 10.9. The van der Waals surface area contributed by atoms with Crippen molar-refractivity contribution in [2.75, 3.05) is 53.0 Å². The van der Waals surface area contributed by atoms with Crippen molar-refractivity contribution in [1.82, 2.24) is 15.1 Å². The van der Waals surface area contributed by atoms with E-state index in [1.165, 1.54) is 45.6 Å². The summed E-state index contributed by atoms with van der Waals surface area (Å²) in [6, 6.07) is 1.41. The highest BCUT2D eigenvalue weighted by Crippen LogP contribution is 2.23. The van der Waals surface area contributed by atoms with E-state index in [2.05, 4.69) is 22.2 Å². The number of likely N-dealkylation sites (N-methyl/N-ethyl adjacent to an activating group) is 1. The van der Waals surface area contributed by atoms with E-state index in [9.17, 15) is 0 Å². The number of rotatable bonds is 3. The molecule has 0 radical (unpaired) electrons. The Labute approximate surface area is 104 Å². The van der Waals surface area contributed by atoms with Gasteiger partial charge in [0.05, 0.1) is 13.2 Å². The molecule has 0 spiro atoms. The average Bonchev–Trinajstić information content (AvgIpc) is 2.96. The van der Waals surface area contributed by atoms with Crippen molar-refractivity contribution in [1.29, 1.82) is 0 Å². The first-order valence-corrected chi connectivity index (χ1v) is 7.08. The largest absolute Gasteiger partial charge is 0.379 e. The molecule has 0 aromatic rings. The molecular formula is C13H25N3O. The Morgan fingerprint density at radius 3 is 3.06 bits per heavy atom. The second-order valence-corrected chi connectivity index (χ2v) is 5.78. The van der Waals surface area contributed by atoms with Gasteiger partial charge < -0.3 is 15.0 Å². The molecule has 3 heterocycles. The first-order chi connectivity index (χ1) is 8.36. The highest BCUT2D eigenvalue weighted by atomic mass is 16.5. The molecule has 3 atom stereocenters. The van der Waals surface area contributed by atoms with Crippen LogP contribution in [0.15, 0.2) is 0 Å². The van der Waals surface area contributed by atoms with Crippen molar-refractivity contribution in [2.24, 2.45) is 5.92 Å². The Bertz CT molecular complexity index is 261. The first kappa shape index (κ1) is 11.9. The van der Waals surface area contributed by atoms with Gasteiger partial charge in [0, 0.05) is 44.2 Å². The normalized spacial score (nSPS) is 39.7. The molecule has 4 heteroatoms. The van der Waals surface area contributed by atoms with E-state index in [0.717, 1.165) is 19.3 Å². The Kier molecular flexibility index (Phi) is 3.66. The average molecular weight is 239 g/mol. The van der Waals surface area contributed by atoms with Crippen LogP contribution in [-0.2, 0) is 4.74 Å². The third kappa shape index (κ3) is 2.50. The monoisotopic (exact) mass is 239 g/mol. The third-order valence-electron chi connectivity index (χ3n) is 4.73. The van der Waals surface area contributed by atoms with E-state index in [0.29, 0.717) is 12.0 Å². The minimum absolute atomic E-state index is 0.566. The van der Waals surface area contributed by atoms with Crippen molar-refractivity contribution in [3.8, 4) is 0 Å². The minimum atomic E-state index is 0.566. The lowest BCUT2D eigenvalue weighted by Crippen LogP contribution is -2.52. The summed E-state index contributed by atoms with van der Waals surface area (Å²) in [6.07, 6.45) is 2.82. The molecule has 0 saturated carbocycles. The van der Waals surface area contributed by atoms with Gasteiger partial charge in [-0.1, -0.05) is 0 Å². The van der Waals surface area contributed by atoms with Crippen LogP contribution in [0.1, 0.15) is 12.8 Å². The summed E-state index contributed by atoms with van der Waals surface area (Å²) in [4.78, 5) is 5.34. The fraction of sp³-hybridized carbons (Fsp3) is 1.00. The second-order valence-electron chi connectivity index (χ2n) is 5.78. The van der Waals surface area contributed by atoms with E-state index in [1.54, 1.807) is 0 Å². The van der Waals surface area contributed by atoms with Crippen LogP contribution < -0.4 is 5.32 Å². The molecule has 0 bridgehead atoms. The maximum Gasteiger partial charge on any atom is 0.0623 e. The van der Waals surface area contributed by atoms with Gasteiger partial charge in [0.2, 0.25) is 0 Å². The lowest BCUT2D eigenvalue weighted by atomic mass is 10.0. The standard InChI is InChI=1S/C13H25N3O/c1-14-13-10-17-9-11(13)7-15-5-6-16-4-2-3-12(16)8-15/h11-14H,2-10H2,1H3. The molecular weight excluding hydrogens is 214 g/mol. The molecule has 1 N–H and O–H groups in total. The summed E-state index contributed by atoms with van der Waals surface area (Å²) in [7, 11) is 2.06. The fourth-order valence-electron chi connectivity index (χ4n) is 3.65. The molecule has 3 saturated heterocycles. The maximum atomic E-state index is 5.59. The van der Waals surface area contributed by atoms with E-state index in [4.69, 9.17) is 4.74 Å². The van der Waals surface area contributed by atoms with Crippen LogP contribution in [0, 0.1) is 5.92 Å². The van der Waals surface area contributed by atoms with Crippen LogP contribution in [0.4, 0.5) is 0 Å². The first-order valence-electron chi connectivity index (χ1n) is 7.08. The maximum absolute atomic E-state index is 5.59. The van der Waals surface area contributed by atoms with Gasteiger partial charge in [-0.3, -0.25) is 4.90 Å². The van der Waals surface area contributed by atoms with Crippen molar-refractivity contribution < 1.29 is 4.74 Å². The topological polar surface area (TPSA) is 27.7 Å². The molecule has 3 rings (SSSR count). The van der Waals surface area contributed by atoms with Crippen LogP contribution in [0.2, 0.25) is 0 Å². The van der Waals surface area contributed by atoms with Crippen molar-refractivity contribution >= 4 is 0 Å². The van der Waals surface area contributed by atoms with Crippen LogP contribution >= 0.6 is 0 Å². The predicted octanol–water partition coefficient (Wildman–Crippen LogP) is 0.000800. The Morgan fingerprint density at radius 1 is 1.24 bits per heavy atom. The van der Waals surface area contributed by atoms with Gasteiger partial charge in [0.25, 0.3) is 0 Å². The molecule has 3 fully saturated rings. The summed E-state index contributed by atoms with van der Waals surface area (Å²) in [5.41, 5.74) is 0. The number of hydrogen-bond donors (Lipinski definition) is 1. The van der Waals surface area contributed by atoms with Gasteiger partial charge in [0.15, 0.2) is 0 Å². The summed E-state index contributed by atoms with van der Waals surface area (Å²) in [6.45, 7) is 8.21. The van der Waals surface area contributed by atoms with E-state index in [-0.39, 0.29) is 0 Å². The van der Waals surface area contributed by atoms with E-state index in [1.807, 2.05) is 0 Å². The van der Waals surface area contributed by atoms with Gasteiger partial charge in [0.1, 0.15) is 0 Å². The molecule has 4 nitrogen and oxygen atoms in total. The zero-order chi connectivity index (χ0) is 11.7. The van der Waals surface area contributed by atoms with Crippen LogP contribution in [-0.4, -0.2) is 74.9 Å². The summed E-state index contributed by atoms with van der Waals surface area (Å²) >= 11 is 0. The molecule has 3 unspecified atom stereocenters. The van der Waals surface area contributed by atoms with Gasteiger partial charge in [-0.15, -0.1) is 0 Å². The second kappa shape index (κ2) is 5.22. The fourth-order valence-corrected chi connectivity index (χ4v) is 3.65. The Balaban J connectivity index is 1.52. The van der Waals surface area contributed by atoms with Gasteiger partial charge in [-0.2, -0.15) is 0 Å². The summed E-state index contributed by atoms with van der Waals surface area (Å²) < 4.78 is 5.59. The van der Waals surface area contributed by atoms with E-state index < -0.39 is 0 Å². The smallest absolute Gasteiger partial charge is 0.0623 e. The summed E-state index contributed by atoms with van der Waals surface area (Å²) in [5, 5.41) is 3.39. The molecule has 0 aromatic heterocycles. The molecule has 17 heavy (non-hydrogen) atoms. The lowest BCUT2D eigenvalue weighted by molar-refractivity contribution is 0.0860. The highest BCUT2D eigenvalue weighted by Gasteiger charge is 2.34. The number of fused-ring (bicyclic) bond motifs is 1. The summed E-state index contributed by atoms with van der Waals surface area (Å²) in [5.74, 6) is 0.688. The molecule has 0 aliphatic carbocycles. The lowest BCUT2D eigenvalue weighted by Gasteiger charge is -2.39. The molecule has 3 aliphatic rings. The van der Waals surface area contributed by atoms with Crippen LogP contribution in [0.3, 0.4) is 0 Å². The Morgan fingerprint density at radius 2 is 2.18 bits per heavy atom. The molecule has 98 valence electrons. The van der Waals surface area contributed by atoms with Gasteiger partial charge in [-0.05, 0) is 26.4 Å². The Hall–Kier alpha value is -0.160. The number of nitrogens with zero attached hydrogens (tertiary/aromatic N) is 2. The van der Waals surface area contributed by atoms with Gasteiger partial charge >= 0.3 is 0 Å². The predicted molar refractivity (Wildman–Crippen MR) is 68.2 cm³/mol. The van der Waals surface area contributed by atoms with Crippen molar-refractivity contribution in [3.05, 3.63) is 0 Å². The quantitative estimate of drug-likeness (QED) is 0.750. The number of nitrogens with one attached hydrogen (secondary N) is 1. The van der Waals surface area contributed by atoms with E-state index >= 15 is 0 Å². The molecule has 0 aromatic carbocycles. The van der Waals surface area contributed by atoms with Crippen LogP contribution in [0.5, 0.6) is 0 Å². The van der Waals surface area contributed by atoms with Crippen molar-refractivity contribution in [3.63, 3.8) is 0 Å². The van der Waals surface area contributed by atoms with Gasteiger partial charge in [-0.25, -0.2) is 0 Å². The molecule has 3 aliphatic heterocycles. The molecule has 0 amide bonds. The third-order valence-corrected chi connectivity index (χ3v) is 4.73. The highest BCUT2D eigenvalue weighted by molar-refractivity contribution is 4.89. The number of hydrogen-bond acceptors (Lipinski definition) is 4.